The fourth-order valence-electron chi connectivity index (χ4n) is 2.66. The summed E-state index contributed by atoms with van der Waals surface area (Å²) in [7, 11) is -3.55. The average Bonchev–Trinajstić information content (AvgIpc) is 2.67. The fraction of sp³-hybridized carbons (Fsp3) is 0.300. The van der Waals surface area contributed by atoms with Crippen LogP contribution in [0.5, 0.6) is 5.75 Å². The summed E-state index contributed by atoms with van der Waals surface area (Å²) >= 11 is 0. The van der Waals surface area contributed by atoms with Gasteiger partial charge in [-0.25, -0.2) is 8.42 Å². The first-order chi connectivity index (χ1) is 13.3. The van der Waals surface area contributed by atoms with Gasteiger partial charge in [0.2, 0.25) is 10.0 Å². The first-order valence-corrected chi connectivity index (χ1v) is 10.3. The summed E-state index contributed by atoms with van der Waals surface area (Å²) in [6, 6.07) is 13.1. The maximum atomic E-state index is 12.6. The van der Waals surface area contributed by atoms with Crippen LogP contribution in [0.1, 0.15) is 25.0 Å². The molecule has 0 aliphatic heterocycles. The molecule has 1 N–H and O–H groups in total. The monoisotopic (exact) mass is 401 g/mol. The van der Waals surface area contributed by atoms with Crippen LogP contribution in [0.15, 0.2) is 47.4 Å². The number of nitriles is 1. The number of hydrogen-bond acceptors (Lipinski definition) is 5. The van der Waals surface area contributed by atoms with Gasteiger partial charge in [-0.15, -0.1) is 0 Å². The van der Waals surface area contributed by atoms with Crippen LogP contribution in [0.25, 0.3) is 0 Å². The molecule has 0 radical (unpaired) electrons. The number of ether oxygens (including phenoxy) is 1. The van der Waals surface area contributed by atoms with E-state index in [1.807, 2.05) is 6.07 Å². The Labute approximate surface area is 165 Å². The topological polar surface area (TPSA) is 99.5 Å². The maximum Gasteiger partial charge on any atom is 0.262 e. The third kappa shape index (κ3) is 5.09. The summed E-state index contributed by atoms with van der Waals surface area (Å²) in [6.45, 7) is 5.85. The first kappa shape index (κ1) is 21.4. The second kappa shape index (κ2) is 9.35. The van der Waals surface area contributed by atoms with E-state index in [2.05, 4.69) is 5.32 Å². The normalized spacial score (nSPS) is 11.1. The predicted octanol–water partition coefficient (Wildman–Crippen LogP) is 2.91. The van der Waals surface area contributed by atoms with Crippen molar-refractivity contribution in [2.75, 3.05) is 25.0 Å². The second-order valence-electron chi connectivity index (χ2n) is 6.05. The molecule has 28 heavy (non-hydrogen) atoms. The molecule has 0 spiro atoms. The Kier molecular flexibility index (Phi) is 7.15. The van der Waals surface area contributed by atoms with Crippen LogP contribution in [-0.4, -0.2) is 38.3 Å². The smallest absolute Gasteiger partial charge is 0.262 e. The minimum Gasteiger partial charge on any atom is -0.483 e. The van der Waals surface area contributed by atoms with Gasteiger partial charge < -0.3 is 10.1 Å². The van der Waals surface area contributed by atoms with Crippen LogP contribution in [0.2, 0.25) is 0 Å². The van der Waals surface area contributed by atoms with Gasteiger partial charge >= 0.3 is 0 Å². The Morgan fingerprint density at radius 2 is 1.89 bits per heavy atom. The van der Waals surface area contributed by atoms with Crippen molar-refractivity contribution in [2.24, 2.45) is 0 Å². The lowest BCUT2D eigenvalue weighted by atomic mass is 10.2. The number of hydrogen-bond donors (Lipinski definition) is 1. The lowest BCUT2D eigenvalue weighted by Gasteiger charge is -2.19. The van der Waals surface area contributed by atoms with Gasteiger partial charge in [0, 0.05) is 18.8 Å². The van der Waals surface area contributed by atoms with Crippen molar-refractivity contribution in [1.29, 1.82) is 5.26 Å². The molecular weight excluding hydrogens is 378 g/mol. The summed E-state index contributed by atoms with van der Waals surface area (Å²) in [4.78, 5) is 12.3. The minimum atomic E-state index is -3.55. The molecule has 0 atom stereocenters. The van der Waals surface area contributed by atoms with Crippen LogP contribution < -0.4 is 10.1 Å². The van der Waals surface area contributed by atoms with E-state index >= 15 is 0 Å². The van der Waals surface area contributed by atoms with Gasteiger partial charge in [-0.05, 0) is 48.9 Å². The SMILES string of the molecule is CCN(CC)S(=O)(=O)c1ccc(OCC(=O)Nc2cccc(C#N)c2)c(C)c1. The summed E-state index contributed by atoms with van der Waals surface area (Å²) in [6.07, 6.45) is 0. The van der Waals surface area contributed by atoms with E-state index in [0.29, 0.717) is 35.7 Å². The van der Waals surface area contributed by atoms with Crippen molar-refractivity contribution < 1.29 is 17.9 Å². The highest BCUT2D eigenvalue weighted by Gasteiger charge is 2.22. The minimum absolute atomic E-state index is 0.193. The molecule has 7 nitrogen and oxygen atoms in total. The van der Waals surface area contributed by atoms with E-state index in [1.165, 1.54) is 16.4 Å². The number of nitrogens with one attached hydrogen (secondary N) is 1. The van der Waals surface area contributed by atoms with Crippen LogP contribution >= 0.6 is 0 Å². The van der Waals surface area contributed by atoms with Crippen molar-refractivity contribution in [3.63, 3.8) is 0 Å². The zero-order valence-corrected chi connectivity index (χ0v) is 16.9. The highest BCUT2D eigenvalue weighted by molar-refractivity contribution is 7.89. The molecule has 0 aliphatic carbocycles. The predicted molar refractivity (Wildman–Crippen MR) is 107 cm³/mol. The number of rotatable bonds is 8. The summed E-state index contributed by atoms with van der Waals surface area (Å²) in [5.74, 6) is 0.0498. The molecule has 0 bridgehead atoms. The summed E-state index contributed by atoms with van der Waals surface area (Å²) < 4.78 is 32.1. The van der Waals surface area contributed by atoms with Crippen LogP contribution in [0, 0.1) is 18.3 Å². The first-order valence-electron chi connectivity index (χ1n) is 8.85. The van der Waals surface area contributed by atoms with E-state index in [9.17, 15) is 13.2 Å². The van der Waals surface area contributed by atoms with E-state index < -0.39 is 10.0 Å². The van der Waals surface area contributed by atoms with E-state index in [4.69, 9.17) is 10.00 Å². The number of aryl methyl sites for hydroxylation is 1. The van der Waals surface area contributed by atoms with Crippen LogP contribution in [0.4, 0.5) is 5.69 Å². The highest BCUT2D eigenvalue weighted by Crippen LogP contribution is 2.24. The number of carbonyl (C=O) groups excluding carboxylic acids is 1. The molecule has 0 heterocycles. The highest BCUT2D eigenvalue weighted by atomic mass is 32.2. The van der Waals surface area contributed by atoms with E-state index in [0.717, 1.165) is 0 Å². The van der Waals surface area contributed by atoms with E-state index in [-0.39, 0.29) is 17.4 Å². The van der Waals surface area contributed by atoms with Gasteiger partial charge in [0.05, 0.1) is 16.5 Å². The Balaban J connectivity index is 2.05. The van der Waals surface area contributed by atoms with Gasteiger partial charge in [-0.2, -0.15) is 9.57 Å². The standard InChI is InChI=1S/C20H23N3O4S/c1-4-23(5-2)28(25,26)18-9-10-19(15(3)11-18)27-14-20(24)22-17-8-6-7-16(12-17)13-21/h6-12H,4-5,14H2,1-3H3,(H,22,24). The third-order valence-electron chi connectivity index (χ3n) is 4.12. The number of anilines is 1. The zero-order valence-electron chi connectivity index (χ0n) is 16.1. The molecule has 0 aromatic heterocycles. The maximum absolute atomic E-state index is 12.6. The molecule has 2 rings (SSSR count). The molecule has 2 aromatic carbocycles. The lowest BCUT2D eigenvalue weighted by Crippen LogP contribution is -2.30. The van der Waals surface area contributed by atoms with Crippen molar-refractivity contribution in [1.82, 2.24) is 4.31 Å². The molecule has 8 heteroatoms. The van der Waals surface area contributed by atoms with Crippen molar-refractivity contribution >= 4 is 21.6 Å². The molecule has 0 fully saturated rings. The molecule has 0 aliphatic rings. The lowest BCUT2D eigenvalue weighted by molar-refractivity contribution is -0.118. The van der Waals surface area contributed by atoms with Crippen molar-refractivity contribution in [3.05, 3.63) is 53.6 Å². The number of benzene rings is 2. The second-order valence-corrected chi connectivity index (χ2v) is 7.98. The van der Waals surface area contributed by atoms with Crippen LogP contribution in [-0.2, 0) is 14.8 Å². The van der Waals surface area contributed by atoms with Gasteiger partial charge in [0.15, 0.2) is 6.61 Å². The Bertz CT molecular complexity index is 993. The number of nitrogens with zero attached hydrogens (tertiary/aromatic N) is 2. The number of amides is 1. The Morgan fingerprint density at radius 3 is 2.50 bits per heavy atom. The van der Waals surface area contributed by atoms with E-state index in [1.54, 1.807) is 51.1 Å². The average molecular weight is 401 g/mol. The van der Waals surface area contributed by atoms with Gasteiger partial charge in [-0.1, -0.05) is 19.9 Å². The molecular formula is C20H23N3O4S. The fourth-order valence-corrected chi connectivity index (χ4v) is 4.21. The van der Waals surface area contributed by atoms with Gasteiger partial charge in [0.1, 0.15) is 5.75 Å². The zero-order chi connectivity index (χ0) is 20.7. The summed E-state index contributed by atoms with van der Waals surface area (Å²) in [5, 5.41) is 11.5. The number of carbonyl (C=O) groups is 1. The molecule has 1 amide bonds. The Hall–Kier alpha value is -2.89. The largest absolute Gasteiger partial charge is 0.483 e. The van der Waals surface area contributed by atoms with Crippen LogP contribution in [0.3, 0.4) is 0 Å². The van der Waals surface area contributed by atoms with Gasteiger partial charge in [-0.3, -0.25) is 4.79 Å². The molecule has 148 valence electrons. The molecule has 0 unspecified atom stereocenters. The summed E-state index contributed by atoms with van der Waals surface area (Å²) in [5.41, 5.74) is 1.57. The van der Waals surface area contributed by atoms with Gasteiger partial charge in [0.25, 0.3) is 5.91 Å². The Morgan fingerprint density at radius 1 is 1.18 bits per heavy atom. The number of sulfonamides is 1. The third-order valence-corrected chi connectivity index (χ3v) is 6.17. The molecule has 2 aromatic rings. The van der Waals surface area contributed by atoms with Crippen molar-refractivity contribution in [3.8, 4) is 11.8 Å². The van der Waals surface area contributed by atoms with Crippen molar-refractivity contribution in [2.45, 2.75) is 25.7 Å². The molecule has 0 saturated heterocycles. The quantitative estimate of drug-likeness (QED) is 0.733. The molecule has 0 saturated carbocycles.